The smallest absolute Gasteiger partial charge is 0.324 e. The number of hydrogen-bond acceptors (Lipinski definition) is 4. The summed E-state index contributed by atoms with van der Waals surface area (Å²) < 4.78 is 0. The molecule has 1 unspecified atom stereocenters. The van der Waals surface area contributed by atoms with Crippen molar-refractivity contribution >= 4 is 17.9 Å². The quantitative estimate of drug-likeness (QED) is 0.685. The number of nitrogens with one attached hydrogen (secondary N) is 2. The summed E-state index contributed by atoms with van der Waals surface area (Å²) in [6.07, 6.45) is 1.71. The Balaban J connectivity index is 2.61. The second-order valence-electron chi connectivity index (χ2n) is 5.39. The number of carboxylic acid groups (broad SMARTS) is 1. The molecule has 1 aliphatic heterocycles. The van der Waals surface area contributed by atoms with Crippen LogP contribution >= 0.6 is 0 Å². The second kappa shape index (κ2) is 6.69. The zero-order valence-electron chi connectivity index (χ0n) is 12.2. The first-order chi connectivity index (χ1) is 9.31. The Labute approximate surface area is 118 Å². The van der Waals surface area contributed by atoms with E-state index < -0.39 is 23.4 Å². The van der Waals surface area contributed by atoms with Gasteiger partial charge in [0.05, 0.1) is 6.54 Å². The van der Waals surface area contributed by atoms with E-state index in [1.54, 1.807) is 25.7 Å². The van der Waals surface area contributed by atoms with Crippen LogP contribution in [-0.4, -0.2) is 52.6 Å². The monoisotopic (exact) mass is 285 g/mol. The van der Waals surface area contributed by atoms with Crippen LogP contribution in [0.5, 0.6) is 0 Å². The summed E-state index contributed by atoms with van der Waals surface area (Å²) in [5.41, 5.74) is -0.980. The van der Waals surface area contributed by atoms with Crippen LogP contribution in [0, 0.1) is 0 Å². The van der Waals surface area contributed by atoms with E-state index in [0.29, 0.717) is 19.4 Å². The third kappa shape index (κ3) is 3.69. The van der Waals surface area contributed by atoms with Crippen LogP contribution in [0.25, 0.3) is 0 Å². The number of amides is 3. The van der Waals surface area contributed by atoms with Crippen molar-refractivity contribution in [3.63, 3.8) is 0 Å². The van der Waals surface area contributed by atoms with Crippen LogP contribution in [0.15, 0.2) is 0 Å². The largest absolute Gasteiger partial charge is 0.480 e. The van der Waals surface area contributed by atoms with Crippen LogP contribution in [0.1, 0.15) is 40.0 Å². The Kier molecular flexibility index (Phi) is 5.50. The molecule has 0 aromatic carbocycles. The van der Waals surface area contributed by atoms with E-state index in [1.165, 1.54) is 0 Å². The van der Waals surface area contributed by atoms with Crippen molar-refractivity contribution < 1.29 is 19.5 Å². The van der Waals surface area contributed by atoms with E-state index in [2.05, 4.69) is 10.6 Å². The Morgan fingerprint density at radius 1 is 1.35 bits per heavy atom. The highest BCUT2D eigenvalue weighted by atomic mass is 16.4. The van der Waals surface area contributed by atoms with Gasteiger partial charge in [0.2, 0.25) is 5.91 Å². The number of hydrogen-bond donors (Lipinski definition) is 3. The molecule has 114 valence electrons. The summed E-state index contributed by atoms with van der Waals surface area (Å²) in [5.74, 6) is -1.39. The fourth-order valence-electron chi connectivity index (χ4n) is 2.60. The maximum Gasteiger partial charge on any atom is 0.324 e. The molecule has 7 heteroatoms. The molecule has 0 radical (unpaired) electrons. The maximum atomic E-state index is 11.8. The van der Waals surface area contributed by atoms with Gasteiger partial charge in [0.1, 0.15) is 5.54 Å². The second-order valence-corrected chi connectivity index (χ2v) is 5.39. The minimum Gasteiger partial charge on any atom is -0.480 e. The highest BCUT2D eigenvalue weighted by Crippen LogP contribution is 2.32. The lowest BCUT2D eigenvalue weighted by Gasteiger charge is -2.33. The first kappa shape index (κ1) is 16.4. The lowest BCUT2D eigenvalue weighted by Crippen LogP contribution is -2.54. The summed E-state index contributed by atoms with van der Waals surface area (Å²) in [6.45, 7) is 5.86. The molecule has 3 amide bonds. The minimum atomic E-state index is -0.980. The van der Waals surface area contributed by atoms with Gasteiger partial charge in [-0.05, 0) is 39.7 Å². The Hall–Kier alpha value is -1.63. The SMILES string of the molecule is CCC1(C(=O)O)CCCN1CC(=O)NC(=O)NC(C)C. The lowest BCUT2D eigenvalue weighted by molar-refractivity contribution is -0.150. The van der Waals surface area contributed by atoms with Crippen molar-refractivity contribution in [3.05, 3.63) is 0 Å². The van der Waals surface area contributed by atoms with E-state index >= 15 is 0 Å². The number of aliphatic carboxylic acids is 1. The van der Waals surface area contributed by atoms with Crippen LogP contribution < -0.4 is 10.6 Å². The van der Waals surface area contributed by atoms with Gasteiger partial charge in [-0.2, -0.15) is 0 Å². The first-order valence-electron chi connectivity index (χ1n) is 6.90. The molecule has 7 nitrogen and oxygen atoms in total. The van der Waals surface area contributed by atoms with Crippen molar-refractivity contribution in [2.24, 2.45) is 0 Å². The molecule has 0 aromatic rings. The van der Waals surface area contributed by atoms with Crippen molar-refractivity contribution in [2.75, 3.05) is 13.1 Å². The number of rotatable bonds is 5. The third-order valence-electron chi connectivity index (χ3n) is 3.61. The number of likely N-dealkylation sites (tertiary alicyclic amines) is 1. The summed E-state index contributed by atoms with van der Waals surface area (Å²) in [4.78, 5) is 36.3. The maximum absolute atomic E-state index is 11.8. The van der Waals surface area contributed by atoms with Crippen LogP contribution in [0.2, 0.25) is 0 Å². The molecule has 1 aliphatic rings. The van der Waals surface area contributed by atoms with Gasteiger partial charge in [0, 0.05) is 6.04 Å². The van der Waals surface area contributed by atoms with Crippen LogP contribution in [0.3, 0.4) is 0 Å². The molecule has 1 rings (SSSR count). The van der Waals surface area contributed by atoms with E-state index in [9.17, 15) is 19.5 Å². The minimum absolute atomic E-state index is 0.0664. The van der Waals surface area contributed by atoms with Gasteiger partial charge >= 0.3 is 12.0 Å². The number of imide groups is 1. The molecule has 1 heterocycles. The molecule has 0 saturated carbocycles. The van der Waals surface area contributed by atoms with Gasteiger partial charge in [-0.25, -0.2) is 4.79 Å². The molecule has 1 atom stereocenters. The van der Waals surface area contributed by atoms with E-state index in [0.717, 1.165) is 6.42 Å². The molecule has 0 bridgehead atoms. The predicted molar refractivity (Wildman–Crippen MR) is 73.3 cm³/mol. The number of urea groups is 1. The highest BCUT2D eigenvalue weighted by molar-refractivity contribution is 5.95. The Morgan fingerprint density at radius 3 is 2.50 bits per heavy atom. The zero-order valence-corrected chi connectivity index (χ0v) is 12.2. The molecule has 3 N–H and O–H groups in total. The van der Waals surface area contributed by atoms with E-state index in [4.69, 9.17) is 0 Å². The zero-order chi connectivity index (χ0) is 15.3. The standard InChI is InChI=1S/C13H23N3O4/c1-4-13(11(18)19)6-5-7-16(13)8-10(17)15-12(20)14-9(2)3/h9H,4-8H2,1-3H3,(H,18,19)(H2,14,15,17,20). The summed E-state index contributed by atoms with van der Waals surface area (Å²) in [6, 6.07) is -0.620. The average Bonchev–Trinajstić information content (AvgIpc) is 2.71. The predicted octanol–water partition coefficient (Wildman–Crippen LogP) is 0.550. The van der Waals surface area contributed by atoms with Crippen LogP contribution in [-0.2, 0) is 9.59 Å². The number of carboxylic acids is 1. The van der Waals surface area contributed by atoms with E-state index in [1.807, 2.05) is 0 Å². The molecule has 0 spiro atoms. The van der Waals surface area contributed by atoms with Gasteiger partial charge in [0.15, 0.2) is 0 Å². The van der Waals surface area contributed by atoms with Gasteiger partial charge in [-0.1, -0.05) is 6.92 Å². The molecule has 1 fully saturated rings. The average molecular weight is 285 g/mol. The molecular weight excluding hydrogens is 262 g/mol. The summed E-state index contributed by atoms with van der Waals surface area (Å²) in [7, 11) is 0. The van der Waals surface area contributed by atoms with Gasteiger partial charge in [-0.3, -0.25) is 19.8 Å². The van der Waals surface area contributed by atoms with Gasteiger partial charge < -0.3 is 10.4 Å². The lowest BCUT2D eigenvalue weighted by atomic mass is 9.93. The normalized spacial score (nSPS) is 22.8. The number of carbonyl (C=O) groups is 3. The fourth-order valence-corrected chi connectivity index (χ4v) is 2.60. The molecular formula is C13H23N3O4. The fraction of sp³-hybridized carbons (Fsp3) is 0.769. The molecule has 0 aliphatic carbocycles. The van der Waals surface area contributed by atoms with Crippen molar-refractivity contribution in [2.45, 2.75) is 51.6 Å². The molecule has 20 heavy (non-hydrogen) atoms. The highest BCUT2D eigenvalue weighted by Gasteiger charge is 2.46. The van der Waals surface area contributed by atoms with Gasteiger partial charge in [-0.15, -0.1) is 0 Å². The Morgan fingerprint density at radius 2 is 2.00 bits per heavy atom. The number of nitrogens with zero attached hydrogens (tertiary/aromatic N) is 1. The van der Waals surface area contributed by atoms with Crippen molar-refractivity contribution in [3.8, 4) is 0 Å². The van der Waals surface area contributed by atoms with Crippen LogP contribution in [0.4, 0.5) is 4.79 Å². The summed E-state index contributed by atoms with van der Waals surface area (Å²) >= 11 is 0. The third-order valence-corrected chi connectivity index (χ3v) is 3.61. The topological polar surface area (TPSA) is 98.7 Å². The van der Waals surface area contributed by atoms with Gasteiger partial charge in [0.25, 0.3) is 0 Å². The summed E-state index contributed by atoms with van der Waals surface area (Å²) in [5, 5.41) is 14.2. The Bertz CT molecular complexity index is 397. The van der Waals surface area contributed by atoms with Crippen molar-refractivity contribution in [1.29, 1.82) is 0 Å². The van der Waals surface area contributed by atoms with E-state index in [-0.39, 0.29) is 12.6 Å². The van der Waals surface area contributed by atoms with Crippen molar-refractivity contribution in [1.82, 2.24) is 15.5 Å². The molecule has 0 aromatic heterocycles. The number of carbonyl (C=O) groups excluding carboxylic acids is 2. The first-order valence-corrected chi connectivity index (χ1v) is 6.90. The molecule has 1 saturated heterocycles.